The zero-order valence-corrected chi connectivity index (χ0v) is 21.4. The van der Waals surface area contributed by atoms with Gasteiger partial charge in [0.2, 0.25) is 0 Å². The molecule has 2 aromatic rings. The van der Waals surface area contributed by atoms with Crippen molar-refractivity contribution in [1.29, 1.82) is 0 Å². The normalized spacial score (nSPS) is 35.2. The van der Waals surface area contributed by atoms with E-state index < -0.39 is 45.3 Å². The molecule has 0 aromatic heterocycles. The molecule has 192 valence electrons. The molecule has 0 radical (unpaired) electrons. The predicted molar refractivity (Wildman–Crippen MR) is 135 cm³/mol. The maximum absolute atomic E-state index is 11.9. The minimum absolute atomic E-state index is 0.0444. The quantitative estimate of drug-likeness (QED) is 0.415. The third-order valence-electron chi connectivity index (χ3n) is 10.3. The van der Waals surface area contributed by atoms with E-state index in [1.807, 2.05) is 37.3 Å². The Hall–Kier alpha value is -2.86. The van der Waals surface area contributed by atoms with Gasteiger partial charge in [-0.15, -0.1) is 0 Å². The molecule has 3 saturated carbocycles. The van der Waals surface area contributed by atoms with Gasteiger partial charge in [-0.05, 0) is 72.7 Å². The van der Waals surface area contributed by atoms with Gasteiger partial charge in [0.1, 0.15) is 17.2 Å². The van der Waals surface area contributed by atoms with Gasteiger partial charge in [-0.2, -0.15) is 0 Å². The molecular formula is C30H36O6. The summed E-state index contributed by atoms with van der Waals surface area (Å²) < 4.78 is 0. The van der Waals surface area contributed by atoms with Crippen LogP contribution in [0.2, 0.25) is 0 Å². The van der Waals surface area contributed by atoms with Crippen molar-refractivity contribution in [1.82, 2.24) is 0 Å². The van der Waals surface area contributed by atoms with E-state index in [1.54, 1.807) is 0 Å². The van der Waals surface area contributed by atoms with Crippen LogP contribution < -0.4 is 0 Å². The molecule has 0 saturated heterocycles. The van der Waals surface area contributed by atoms with Crippen LogP contribution in [0.3, 0.4) is 0 Å². The van der Waals surface area contributed by atoms with Crippen molar-refractivity contribution >= 4 is 12.6 Å². The molecule has 0 bridgehead atoms. The number of benzene rings is 2. The van der Waals surface area contributed by atoms with Crippen molar-refractivity contribution < 1.29 is 30.0 Å². The Labute approximate surface area is 212 Å². The van der Waals surface area contributed by atoms with Gasteiger partial charge in [0.15, 0.2) is 12.6 Å². The van der Waals surface area contributed by atoms with Crippen LogP contribution >= 0.6 is 0 Å². The fourth-order valence-corrected chi connectivity index (χ4v) is 8.44. The lowest BCUT2D eigenvalue weighted by molar-refractivity contribution is -0.0417. The first kappa shape index (κ1) is 24.8. The number of phenolic OH excluding ortho intramolecular Hbond substituents is 3. The molecule has 6 heteroatoms. The SMILES string of the molecule is CC1(O)CCC2C(C3C1CCC3(C)C(c1ccccc1)c1c(O)c(C=O)c(O)c(C=O)c1O)C2(C)C. The zero-order chi connectivity index (χ0) is 26.2. The summed E-state index contributed by atoms with van der Waals surface area (Å²) in [4.78, 5) is 23.8. The summed E-state index contributed by atoms with van der Waals surface area (Å²) >= 11 is 0. The van der Waals surface area contributed by atoms with Gasteiger partial charge in [0.05, 0.1) is 16.7 Å². The molecule has 3 aliphatic rings. The van der Waals surface area contributed by atoms with Crippen molar-refractivity contribution in [3.63, 3.8) is 0 Å². The Morgan fingerprint density at radius 2 is 1.36 bits per heavy atom. The summed E-state index contributed by atoms with van der Waals surface area (Å²) in [5.74, 6) is -1.32. The summed E-state index contributed by atoms with van der Waals surface area (Å²) in [7, 11) is 0. The molecule has 6 nitrogen and oxygen atoms in total. The minimum Gasteiger partial charge on any atom is -0.507 e. The molecule has 3 fully saturated rings. The van der Waals surface area contributed by atoms with E-state index in [-0.39, 0.29) is 22.8 Å². The van der Waals surface area contributed by atoms with Gasteiger partial charge < -0.3 is 20.4 Å². The van der Waals surface area contributed by atoms with Gasteiger partial charge >= 0.3 is 0 Å². The van der Waals surface area contributed by atoms with Crippen molar-refractivity contribution in [3.05, 3.63) is 52.6 Å². The van der Waals surface area contributed by atoms with Crippen LogP contribution in [0, 0.1) is 34.5 Å². The van der Waals surface area contributed by atoms with E-state index in [4.69, 9.17) is 0 Å². The Kier molecular flexibility index (Phi) is 5.56. The lowest BCUT2D eigenvalue weighted by atomic mass is 9.59. The second-order valence-electron chi connectivity index (χ2n) is 12.4. The average molecular weight is 493 g/mol. The number of carbonyl (C=O) groups excluding carboxylic acids is 2. The van der Waals surface area contributed by atoms with E-state index in [9.17, 15) is 30.0 Å². The molecule has 0 heterocycles. The number of hydrogen-bond acceptors (Lipinski definition) is 6. The second kappa shape index (κ2) is 8.07. The standard InChI is InChI=1S/C30H36O6/c1-28(2)19-11-13-30(4,36)20-10-12-29(3,24(20)23(19)28)22(16-8-6-5-7-9-16)21-26(34)17(14-31)25(33)18(15-32)27(21)35/h5-9,14-15,19-20,22-24,33-36H,10-13H2,1-4H3. The van der Waals surface area contributed by atoms with E-state index >= 15 is 0 Å². The number of phenols is 3. The summed E-state index contributed by atoms with van der Waals surface area (Å²) in [6.45, 7) is 8.69. The van der Waals surface area contributed by atoms with Crippen molar-refractivity contribution in [2.24, 2.45) is 34.5 Å². The van der Waals surface area contributed by atoms with Gasteiger partial charge in [0.25, 0.3) is 0 Å². The number of fused-ring (bicyclic) bond motifs is 3. The van der Waals surface area contributed by atoms with Crippen molar-refractivity contribution in [2.75, 3.05) is 0 Å². The number of aldehydes is 2. The Morgan fingerprint density at radius 3 is 1.92 bits per heavy atom. The van der Waals surface area contributed by atoms with E-state index in [0.717, 1.165) is 31.2 Å². The maximum atomic E-state index is 11.9. The smallest absolute Gasteiger partial charge is 0.157 e. The number of rotatable bonds is 5. The molecule has 36 heavy (non-hydrogen) atoms. The largest absolute Gasteiger partial charge is 0.507 e. The van der Waals surface area contributed by atoms with Crippen LogP contribution in [0.1, 0.15) is 91.1 Å². The average Bonchev–Trinajstić information content (AvgIpc) is 3.23. The van der Waals surface area contributed by atoms with Gasteiger partial charge in [-0.1, -0.05) is 51.1 Å². The predicted octanol–water partition coefficient (Wildman–Crippen LogP) is 5.41. The van der Waals surface area contributed by atoms with Gasteiger partial charge in [-0.3, -0.25) is 9.59 Å². The number of aliphatic hydroxyl groups is 1. The minimum atomic E-state index is -0.825. The highest BCUT2D eigenvalue weighted by atomic mass is 16.3. The lowest BCUT2D eigenvalue weighted by Gasteiger charge is -2.45. The van der Waals surface area contributed by atoms with Gasteiger partial charge in [0, 0.05) is 11.5 Å². The highest BCUT2D eigenvalue weighted by Crippen LogP contribution is 2.76. The van der Waals surface area contributed by atoms with Crippen molar-refractivity contribution in [3.8, 4) is 17.2 Å². The summed E-state index contributed by atoms with van der Waals surface area (Å²) in [6.07, 6.45) is 3.88. The molecule has 5 rings (SSSR count). The van der Waals surface area contributed by atoms with Crippen LogP contribution in [0.4, 0.5) is 0 Å². The highest BCUT2D eigenvalue weighted by Gasteiger charge is 2.70. The number of hydrogen-bond donors (Lipinski definition) is 4. The Morgan fingerprint density at radius 1 is 0.806 bits per heavy atom. The molecular weight excluding hydrogens is 456 g/mol. The van der Waals surface area contributed by atoms with E-state index in [2.05, 4.69) is 20.8 Å². The summed E-state index contributed by atoms with van der Waals surface area (Å²) in [6, 6.07) is 9.53. The van der Waals surface area contributed by atoms with Crippen LogP contribution in [-0.2, 0) is 0 Å². The summed E-state index contributed by atoms with van der Waals surface area (Å²) in [5.41, 5.74) is -1.09. The fourth-order valence-electron chi connectivity index (χ4n) is 8.44. The molecule has 3 aliphatic carbocycles. The molecule has 0 amide bonds. The first-order valence-corrected chi connectivity index (χ1v) is 12.9. The molecule has 0 spiro atoms. The molecule has 0 aliphatic heterocycles. The molecule has 7 atom stereocenters. The summed E-state index contributed by atoms with van der Waals surface area (Å²) in [5, 5.41) is 44.6. The molecule has 4 N–H and O–H groups in total. The molecule has 2 aromatic carbocycles. The third kappa shape index (κ3) is 3.26. The first-order chi connectivity index (χ1) is 16.9. The van der Waals surface area contributed by atoms with Gasteiger partial charge in [-0.25, -0.2) is 0 Å². The fraction of sp³-hybridized carbons (Fsp3) is 0.533. The van der Waals surface area contributed by atoms with E-state index in [1.165, 1.54) is 0 Å². The van der Waals surface area contributed by atoms with Crippen LogP contribution in [0.25, 0.3) is 0 Å². The second-order valence-corrected chi connectivity index (χ2v) is 12.4. The number of carbonyl (C=O) groups is 2. The topological polar surface area (TPSA) is 115 Å². The van der Waals surface area contributed by atoms with Crippen LogP contribution in [0.5, 0.6) is 17.2 Å². The number of aromatic hydroxyl groups is 3. The maximum Gasteiger partial charge on any atom is 0.157 e. The van der Waals surface area contributed by atoms with E-state index in [0.29, 0.717) is 24.4 Å². The van der Waals surface area contributed by atoms with Crippen LogP contribution in [0.15, 0.2) is 30.3 Å². The van der Waals surface area contributed by atoms with Crippen molar-refractivity contribution in [2.45, 2.75) is 64.9 Å². The Bertz CT molecular complexity index is 1180. The third-order valence-corrected chi connectivity index (χ3v) is 10.3. The molecule has 7 unspecified atom stereocenters. The lowest BCUT2D eigenvalue weighted by Crippen LogP contribution is -2.42. The zero-order valence-electron chi connectivity index (χ0n) is 21.4. The highest BCUT2D eigenvalue weighted by molar-refractivity contribution is 5.95. The van der Waals surface area contributed by atoms with Crippen LogP contribution in [-0.4, -0.2) is 38.6 Å². The first-order valence-electron chi connectivity index (χ1n) is 12.9. The monoisotopic (exact) mass is 492 g/mol. The Balaban J connectivity index is 1.79.